The number of benzene rings is 2. The van der Waals surface area contributed by atoms with E-state index in [-0.39, 0.29) is 11.2 Å². The predicted octanol–water partition coefficient (Wildman–Crippen LogP) is 5.24. The van der Waals surface area contributed by atoms with Gasteiger partial charge in [-0.05, 0) is 30.5 Å². The topological polar surface area (TPSA) is 57.8 Å². The number of amides is 1. The number of hydrogen-bond acceptors (Lipinski definition) is 3. The molecule has 4 rings (SSSR count). The highest BCUT2D eigenvalue weighted by Crippen LogP contribution is 2.35. The van der Waals surface area contributed by atoms with Crippen molar-refractivity contribution < 1.29 is 4.79 Å². The van der Waals surface area contributed by atoms with Crippen molar-refractivity contribution in [2.24, 2.45) is 0 Å². The van der Waals surface area contributed by atoms with Gasteiger partial charge in [-0.2, -0.15) is 0 Å². The Morgan fingerprint density at radius 3 is 2.44 bits per heavy atom. The van der Waals surface area contributed by atoms with Crippen LogP contribution in [0.25, 0.3) is 11.0 Å². The van der Waals surface area contributed by atoms with E-state index in [1.807, 2.05) is 54.6 Å². The van der Waals surface area contributed by atoms with Crippen LogP contribution in [-0.2, 0) is 4.79 Å². The summed E-state index contributed by atoms with van der Waals surface area (Å²) in [6.45, 7) is 0. The number of H-pyrrole nitrogens is 1. The van der Waals surface area contributed by atoms with Gasteiger partial charge >= 0.3 is 0 Å². The summed E-state index contributed by atoms with van der Waals surface area (Å²) >= 11 is 1.49. The summed E-state index contributed by atoms with van der Waals surface area (Å²) in [6.07, 6.45) is 7.14. The highest BCUT2D eigenvalue weighted by Gasteiger charge is 2.26. The molecule has 0 aliphatic heterocycles. The van der Waals surface area contributed by atoms with Crippen LogP contribution in [0.2, 0.25) is 0 Å². The fourth-order valence-corrected chi connectivity index (χ4v) is 4.71. The molecule has 1 heterocycles. The van der Waals surface area contributed by atoms with Gasteiger partial charge < -0.3 is 10.3 Å². The number of thioether (sulfide) groups is 1. The number of hydrogen-bond donors (Lipinski definition) is 2. The van der Waals surface area contributed by atoms with Crippen LogP contribution >= 0.6 is 11.8 Å². The molecule has 2 aromatic carbocycles. The van der Waals surface area contributed by atoms with Gasteiger partial charge in [0.05, 0.1) is 11.0 Å². The third-order valence-electron chi connectivity index (χ3n) is 5.14. The molecule has 0 bridgehead atoms. The minimum absolute atomic E-state index is 0.0820. The van der Waals surface area contributed by atoms with Gasteiger partial charge in [-0.25, -0.2) is 4.98 Å². The average Bonchev–Trinajstić information content (AvgIpc) is 2.94. The third kappa shape index (κ3) is 4.53. The van der Waals surface area contributed by atoms with Crippen LogP contribution in [0.15, 0.2) is 59.8 Å². The van der Waals surface area contributed by atoms with Gasteiger partial charge in [-0.3, -0.25) is 4.79 Å². The smallest absolute Gasteiger partial charge is 0.238 e. The van der Waals surface area contributed by atoms with Crippen LogP contribution in [0, 0.1) is 0 Å². The maximum atomic E-state index is 13.2. The van der Waals surface area contributed by atoms with Crippen LogP contribution in [0.5, 0.6) is 0 Å². The molecule has 1 saturated carbocycles. The minimum Gasteiger partial charge on any atom is -0.352 e. The Morgan fingerprint density at radius 2 is 1.70 bits per heavy atom. The van der Waals surface area contributed by atoms with Crippen LogP contribution in [-0.4, -0.2) is 21.9 Å². The minimum atomic E-state index is -0.310. The molecule has 0 radical (unpaired) electrons. The Bertz CT molecular complexity index is 852. The number of aromatic nitrogens is 2. The van der Waals surface area contributed by atoms with Crippen molar-refractivity contribution in [3.05, 3.63) is 60.2 Å². The van der Waals surface area contributed by atoms with E-state index in [1.165, 1.54) is 37.4 Å². The Labute approximate surface area is 164 Å². The highest BCUT2D eigenvalue weighted by molar-refractivity contribution is 8.00. The normalized spacial score (nSPS) is 16.7. The molecule has 0 spiro atoms. The summed E-state index contributed by atoms with van der Waals surface area (Å²) in [6, 6.07) is 18.3. The summed E-state index contributed by atoms with van der Waals surface area (Å²) in [4.78, 5) is 21.2. The Morgan fingerprint density at radius 1 is 1.00 bits per heavy atom. The van der Waals surface area contributed by atoms with E-state index in [2.05, 4.69) is 15.3 Å². The van der Waals surface area contributed by atoms with Crippen molar-refractivity contribution in [2.75, 3.05) is 0 Å². The highest BCUT2D eigenvalue weighted by atomic mass is 32.2. The number of nitrogens with zero attached hydrogens (tertiary/aromatic N) is 1. The molecule has 0 unspecified atom stereocenters. The molecule has 2 N–H and O–H groups in total. The van der Waals surface area contributed by atoms with Crippen molar-refractivity contribution in [1.29, 1.82) is 0 Å². The molecule has 1 aromatic heterocycles. The molecule has 1 fully saturated rings. The molecule has 1 amide bonds. The van der Waals surface area contributed by atoms with E-state index in [0.29, 0.717) is 6.04 Å². The van der Waals surface area contributed by atoms with Crippen molar-refractivity contribution in [3.8, 4) is 0 Å². The first kappa shape index (κ1) is 18.1. The van der Waals surface area contributed by atoms with E-state index in [9.17, 15) is 4.79 Å². The average molecular weight is 380 g/mol. The Hall–Kier alpha value is -2.27. The second-order valence-corrected chi connectivity index (χ2v) is 8.26. The summed E-state index contributed by atoms with van der Waals surface area (Å²) in [5.74, 6) is 0.0820. The molecule has 1 aliphatic rings. The number of fused-ring (bicyclic) bond motifs is 1. The lowest BCUT2D eigenvalue weighted by Gasteiger charge is -2.21. The molecular weight excluding hydrogens is 354 g/mol. The van der Waals surface area contributed by atoms with Gasteiger partial charge in [0.25, 0.3) is 0 Å². The van der Waals surface area contributed by atoms with Crippen LogP contribution < -0.4 is 5.32 Å². The summed E-state index contributed by atoms with van der Waals surface area (Å²) in [7, 11) is 0. The van der Waals surface area contributed by atoms with Gasteiger partial charge in [0, 0.05) is 6.04 Å². The standard InChI is InChI=1S/C22H25N3OS/c26-21(23-17-12-6-1-2-7-13-17)20(16-10-4-3-5-11-16)27-22-24-18-14-8-9-15-19(18)25-22/h3-5,8-11,14-15,17,20H,1-2,6-7,12-13H2,(H,23,26)(H,24,25)/t20-/m0/s1. The molecule has 27 heavy (non-hydrogen) atoms. The van der Waals surface area contributed by atoms with Crippen molar-refractivity contribution in [1.82, 2.24) is 15.3 Å². The second-order valence-electron chi connectivity index (χ2n) is 7.16. The van der Waals surface area contributed by atoms with E-state index < -0.39 is 0 Å². The zero-order valence-electron chi connectivity index (χ0n) is 15.4. The summed E-state index contributed by atoms with van der Waals surface area (Å²) in [5.41, 5.74) is 2.93. The molecule has 140 valence electrons. The first-order valence-corrected chi connectivity index (χ1v) is 10.6. The number of rotatable bonds is 5. The summed E-state index contributed by atoms with van der Waals surface area (Å²) in [5, 5.41) is 3.78. The van der Waals surface area contributed by atoms with Gasteiger partial charge in [-0.1, -0.05) is 79.9 Å². The fraction of sp³-hybridized carbons (Fsp3) is 0.364. The lowest BCUT2D eigenvalue weighted by Crippen LogP contribution is -2.37. The van der Waals surface area contributed by atoms with Gasteiger partial charge in [-0.15, -0.1) is 0 Å². The maximum absolute atomic E-state index is 13.2. The van der Waals surface area contributed by atoms with Crippen LogP contribution in [0.1, 0.15) is 49.3 Å². The molecule has 0 saturated heterocycles. The first-order chi connectivity index (χ1) is 13.3. The quantitative estimate of drug-likeness (QED) is 0.471. The van der Waals surface area contributed by atoms with E-state index in [1.54, 1.807) is 0 Å². The number of carbonyl (C=O) groups excluding carboxylic acids is 1. The third-order valence-corrected chi connectivity index (χ3v) is 6.28. The van der Waals surface area contributed by atoms with Crippen molar-refractivity contribution >= 4 is 28.7 Å². The molecular formula is C22H25N3OS. The predicted molar refractivity (Wildman–Crippen MR) is 111 cm³/mol. The number of nitrogens with one attached hydrogen (secondary N) is 2. The first-order valence-electron chi connectivity index (χ1n) is 9.76. The molecule has 4 nitrogen and oxygen atoms in total. The van der Waals surface area contributed by atoms with Gasteiger partial charge in [0.2, 0.25) is 5.91 Å². The number of para-hydroxylation sites is 2. The second kappa shape index (κ2) is 8.61. The fourth-order valence-electron chi connectivity index (χ4n) is 3.70. The van der Waals surface area contributed by atoms with Gasteiger partial charge in [0.1, 0.15) is 5.25 Å². The molecule has 5 heteroatoms. The molecule has 1 aliphatic carbocycles. The number of imidazole rings is 1. The van der Waals surface area contributed by atoms with Crippen molar-refractivity contribution in [3.63, 3.8) is 0 Å². The van der Waals surface area contributed by atoms with E-state index in [4.69, 9.17) is 0 Å². The van der Waals surface area contributed by atoms with Crippen LogP contribution in [0.3, 0.4) is 0 Å². The number of aromatic amines is 1. The maximum Gasteiger partial charge on any atom is 0.238 e. The zero-order chi connectivity index (χ0) is 18.5. The Balaban J connectivity index is 1.55. The zero-order valence-corrected chi connectivity index (χ0v) is 16.2. The van der Waals surface area contributed by atoms with Gasteiger partial charge in [0.15, 0.2) is 5.16 Å². The van der Waals surface area contributed by atoms with E-state index in [0.717, 1.165) is 34.6 Å². The molecule has 3 aromatic rings. The van der Waals surface area contributed by atoms with E-state index >= 15 is 0 Å². The summed E-state index contributed by atoms with van der Waals surface area (Å²) < 4.78 is 0. The lowest BCUT2D eigenvalue weighted by molar-refractivity contribution is -0.121. The van der Waals surface area contributed by atoms with Crippen LogP contribution in [0.4, 0.5) is 0 Å². The largest absolute Gasteiger partial charge is 0.352 e. The SMILES string of the molecule is O=C(NC1CCCCCC1)[C@@H](Sc1nc2ccccc2[nH]1)c1ccccc1. The lowest BCUT2D eigenvalue weighted by atomic mass is 10.1. The Kier molecular flexibility index (Phi) is 5.78. The monoisotopic (exact) mass is 379 g/mol. The number of carbonyl (C=O) groups is 1. The molecule has 1 atom stereocenters. The van der Waals surface area contributed by atoms with Crippen molar-refractivity contribution in [2.45, 2.75) is 55.0 Å².